The molecule has 3 fully saturated rings. The third-order valence-electron chi connectivity index (χ3n) is 5.78. The molecule has 3 aliphatic heterocycles. The zero-order valence-corrected chi connectivity index (χ0v) is 16.3. The Balaban J connectivity index is 1.62. The smallest absolute Gasteiger partial charge is 0.370 e. The van der Waals surface area contributed by atoms with Crippen LogP contribution in [0.15, 0.2) is 18.2 Å². The Labute approximate surface area is 165 Å². The molecule has 3 saturated heterocycles. The van der Waals surface area contributed by atoms with Gasteiger partial charge in [0.05, 0.1) is 21.8 Å². The standard InChI is InChI=1S/C19H22F3N3O2S/c1-18-7-6-16(26)25(18)15(11-28-18)17(27)23-13-10-12(19(20,21)22)4-5-14(13)24-8-2-3-9-24/h4-5,10,15H,2-3,6-9,11H2,1H3,(H,23,27)/t15-,18-/m0/s1. The van der Waals surface area contributed by atoms with Gasteiger partial charge in [-0.3, -0.25) is 9.59 Å². The van der Waals surface area contributed by atoms with Gasteiger partial charge in [0.15, 0.2) is 0 Å². The lowest BCUT2D eigenvalue weighted by molar-refractivity contribution is -0.137. The summed E-state index contributed by atoms with van der Waals surface area (Å²) in [5, 5.41) is 2.70. The minimum atomic E-state index is -4.49. The highest BCUT2D eigenvalue weighted by molar-refractivity contribution is 8.01. The second-order valence-corrected chi connectivity index (χ2v) is 9.18. The van der Waals surface area contributed by atoms with Crippen molar-refractivity contribution in [1.29, 1.82) is 0 Å². The van der Waals surface area contributed by atoms with Gasteiger partial charge >= 0.3 is 6.18 Å². The number of hydrogen-bond donors (Lipinski definition) is 1. The van der Waals surface area contributed by atoms with Crippen molar-refractivity contribution in [2.75, 3.05) is 29.1 Å². The Bertz CT molecular complexity index is 810. The molecule has 5 nitrogen and oxygen atoms in total. The van der Waals surface area contributed by atoms with Crippen molar-refractivity contribution in [2.45, 2.75) is 49.7 Å². The summed E-state index contributed by atoms with van der Waals surface area (Å²) in [5.74, 6) is -0.0470. The number of alkyl halides is 3. The van der Waals surface area contributed by atoms with Gasteiger partial charge in [0.2, 0.25) is 11.8 Å². The first kappa shape index (κ1) is 19.4. The summed E-state index contributed by atoms with van der Waals surface area (Å²) in [4.78, 5) is 28.4. The van der Waals surface area contributed by atoms with E-state index < -0.39 is 28.6 Å². The number of fused-ring (bicyclic) bond motifs is 1. The fourth-order valence-corrected chi connectivity index (χ4v) is 5.71. The number of carbonyl (C=O) groups is 2. The second-order valence-electron chi connectivity index (χ2n) is 7.68. The lowest BCUT2D eigenvalue weighted by atomic mass is 10.1. The summed E-state index contributed by atoms with van der Waals surface area (Å²) in [6.45, 7) is 3.43. The van der Waals surface area contributed by atoms with Gasteiger partial charge in [0.25, 0.3) is 0 Å². The number of nitrogens with one attached hydrogen (secondary N) is 1. The van der Waals surface area contributed by atoms with Crippen molar-refractivity contribution < 1.29 is 22.8 Å². The topological polar surface area (TPSA) is 52.7 Å². The number of benzene rings is 1. The number of halogens is 3. The van der Waals surface area contributed by atoms with Crippen molar-refractivity contribution >= 4 is 35.0 Å². The van der Waals surface area contributed by atoms with Crippen LogP contribution in [0.3, 0.4) is 0 Å². The lowest BCUT2D eigenvalue weighted by Gasteiger charge is -2.30. The van der Waals surface area contributed by atoms with Crippen LogP contribution in [-0.2, 0) is 15.8 Å². The average Bonchev–Trinajstić information content (AvgIpc) is 3.32. The summed E-state index contributed by atoms with van der Waals surface area (Å²) in [5.41, 5.74) is -0.0411. The van der Waals surface area contributed by atoms with E-state index in [0.29, 0.717) is 24.3 Å². The lowest BCUT2D eigenvalue weighted by Crippen LogP contribution is -2.48. The molecule has 0 saturated carbocycles. The van der Waals surface area contributed by atoms with E-state index in [-0.39, 0.29) is 11.6 Å². The number of thioether (sulfide) groups is 1. The maximum Gasteiger partial charge on any atom is 0.416 e. The van der Waals surface area contributed by atoms with E-state index in [0.717, 1.165) is 38.1 Å². The molecular formula is C19H22F3N3O2S. The predicted octanol–water partition coefficient (Wildman–Crippen LogP) is 3.70. The van der Waals surface area contributed by atoms with E-state index >= 15 is 0 Å². The molecule has 1 aromatic rings. The van der Waals surface area contributed by atoms with Crippen LogP contribution in [0.2, 0.25) is 0 Å². The molecule has 3 aliphatic rings. The molecule has 0 spiro atoms. The van der Waals surface area contributed by atoms with Crippen molar-refractivity contribution in [1.82, 2.24) is 4.90 Å². The molecule has 0 radical (unpaired) electrons. The molecule has 4 rings (SSSR count). The predicted molar refractivity (Wildman–Crippen MR) is 102 cm³/mol. The Morgan fingerprint density at radius 1 is 1.29 bits per heavy atom. The highest BCUT2D eigenvalue weighted by atomic mass is 32.2. The quantitative estimate of drug-likeness (QED) is 0.821. The number of nitrogens with zero attached hydrogens (tertiary/aromatic N) is 2. The summed E-state index contributed by atoms with van der Waals surface area (Å²) in [7, 11) is 0. The Hall–Kier alpha value is -1.90. The fourth-order valence-electron chi connectivity index (χ4n) is 4.28. The van der Waals surface area contributed by atoms with Crippen LogP contribution >= 0.6 is 11.8 Å². The summed E-state index contributed by atoms with van der Waals surface area (Å²) in [6.07, 6.45) is -1.48. The van der Waals surface area contributed by atoms with Gasteiger partial charge in [-0.1, -0.05) is 0 Å². The molecule has 152 valence electrons. The second kappa shape index (κ2) is 6.86. The van der Waals surface area contributed by atoms with Crippen LogP contribution in [0.25, 0.3) is 0 Å². The molecule has 3 heterocycles. The molecule has 0 aliphatic carbocycles. The molecular weight excluding hydrogens is 391 g/mol. The highest BCUT2D eigenvalue weighted by Crippen LogP contribution is 2.47. The molecule has 2 amide bonds. The van der Waals surface area contributed by atoms with Gasteiger partial charge in [0, 0.05) is 25.3 Å². The first-order valence-electron chi connectivity index (χ1n) is 9.42. The molecule has 9 heteroatoms. The number of rotatable bonds is 3. The molecule has 1 N–H and O–H groups in total. The van der Waals surface area contributed by atoms with E-state index in [1.54, 1.807) is 16.7 Å². The van der Waals surface area contributed by atoms with Gasteiger partial charge in [-0.25, -0.2) is 0 Å². The average molecular weight is 413 g/mol. The van der Waals surface area contributed by atoms with Crippen LogP contribution < -0.4 is 10.2 Å². The maximum absolute atomic E-state index is 13.2. The minimum Gasteiger partial charge on any atom is -0.370 e. The van der Waals surface area contributed by atoms with E-state index in [2.05, 4.69) is 5.32 Å². The van der Waals surface area contributed by atoms with Crippen LogP contribution in [0.1, 0.15) is 38.2 Å². The van der Waals surface area contributed by atoms with Crippen LogP contribution in [0.5, 0.6) is 0 Å². The molecule has 28 heavy (non-hydrogen) atoms. The van der Waals surface area contributed by atoms with Crippen LogP contribution in [-0.4, -0.2) is 46.5 Å². The number of amides is 2. The summed E-state index contributed by atoms with van der Waals surface area (Å²) >= 11 is 1.56. The van der Waals surface area contributed by atoms with E-state index in [4.69, 9.17) is 0 Å². The van der Waals surface area contributed by atoms with Gasteiger partial charge in [0.1, 0.15) is 6.04 Å². The monoisotopic (exact) mass is 413 g/mol. The van der Waals surface area contributed by atoms with Crippen molar-refractivity contribution in [3.05, 3.63) is 23.8 Å². The van der Waals surface area contributed by atoms with Gasteiger partial charge in [-0.2, -0.15) is 13.2 Å². The van der Waals surface area contributed by atoms with Gasteiger partial charge in [-0.05, 0) is 44.4 Å². The maximum atomic E-state index is 13.2. The van der Waals surface area contributed by atoms with Crippen molar-refractivity contribution in [2.24, 2.45) is 0 Å². The molecule has 2 atom stereocenters. The number of carbonyl (C=O) groups excluding carboxylic acids is 2. The van der Waals surface area contributed by atoms with E-state index in [1.165, 1.54) is 6.07 Å². The Morgan fingerprint density at radius 3 is 2.68 bits per heavy atom. The molecule has 0 unspecified atom stereocenters. The fraction of sp³-hybridized carbons (Fsp3) is 0.579. The normalized spacial score (nSPS) is 27.4. The van der Waals surface area contributed by atoms with Crippen LogP contribution in [0, 0.1) is 0 Å². The SMILES string of the molecule is C[C@]12CCC(=O)N1[C@H](C(=O)Nc1cc(C(F)(F)F)ccc1N1CCCC1)CS2. The van der Waals surface area contributed by atoms with Crippen molar-refractivity contribution in [3.8, 4) is 0 Å². The van der Waals surface area contributed by atoms with E-state index in [1.807, 2.05) is 11.8 Å². The van der Waals surface area contributed by atoms with Gasteiger partial charge < -0.3 is 15.1 Å². The zero-order valence-electron chi connectivity index (χ0n) is 15.5. The van der Waals surface area contributed by atoms with Crippen molar-refractivity contribution in [3.63, 3.8) is 0 Å². The Kier molecular flexibility index (Phi) is 4.76. The van der Waals surface area contributed by atoms with Crippen LogP contribution in [0.4, 0.5) is 24.5 Å². The third-order valence-corrected chi connectivity index (χ3v) is 7.28. The largest absolute Gasteiger partial charge is 0.416 e. The first-order chi connectivity index (χ1) is 13.2. The first-order valence-corrected chi connectivity index (χ1v) is 10.4. The summed E-state index contributed by atoms with van der Waals surface area (Å²) < 4.78 is 39.6. The minimum absolute atomic E-state index is 0.0727. The third kappa shape index (κ3) is 3.33. The molecule has 0 bridgehead atoms. The zero-order chi connectivity index (χ0) is 20.1. The highest BCUT2D eigenvalue weighted by Gasteiger charge is 2.53. The number of hydrogen-bond acceptors (Lipinski definition) is 4. The van der Waals surface area contributed by atoms with Gasteiger partial charge in [-0.15, -0.1) is 11.8 Å². The Morgan fingerprint density at radius 2 is 2.00 bits per heavy atom. The number of anilines is 2. The molecule has 1 aromatic carbocycles. The van der Waals surface area contributed by atoms with E-state index in [9.17, 15) is 22.8 Å². The molecule has 0 aromatic heterocycles. The summed E-state index contributed by atoms with van der Waals surface area (Å²) in [6, 6.07) is 2.82.